The van der Waals surface area contributed by atoms with Gasteiger partial charge in [0.25, 0.3) is 5.91 Å². The van der Waals surface area contributed by atoms with Crippen LogP contribution in [-0.2, 0) is 11.2 Å². The predicted molar refractivity (Wildman–Crippen MR) is 104 cm³/mol. The zero-order valence-electron chi connectivity index (χ0n) is 15.1. The molecule has 1 amide bonds. The highest BCUT2D eigenvalue weighted by atomic mass is 32.1. The third kappa shape index (κ3) is 4.33. The Labute approximate surface area is 159 Å². The van der Waals surface area contributed by atoms with E-state index in [4.69, 9.17) is 4.74 Å². The number of hydrogen-bond acceptors (Lipinski definition) is 4. The van der Waals surface area contributed by atoms with Crippen molar-refractivity contribution in [2.24, 2.45) is 5.92 Å². The summed E-state index contributed by atoms with van der Waals surface area (Å²) in [5, 5.41) is 2.92. The number of rotatable bonds is 7. The van der Waals surface area contributed by atoms with E-state index in [0.717, 1.165) is 37.4 Å². The van der Waals surface area contributed by atoms with E-state index >= 15 is 0 Å². The minimum Gasteiger partial charge on any atom is -0.376 e. The highest BCUT2D eigenvalue weighted by Crippen LogP contribution is 2.28. The van der Waals surface area contributed by atoms with Crippen molar-refractivity contribution in [3.05, 3.63) is 52.0 Å². The molecule has 1 atom stereocenters. The van der Waals surface area contributed by atoms with Crippen LogP contribution in [0.2, 0.25) is 0 Å². The van der Waals surface area contributed by atoms with Crippen molar-refractivity contribution in [3.8, 4) is 0 Å². The largest absolute Gasteiger partial charge is 0.376 e. The number of nitrogens with zero attached hydrogens (tertiary/aromatic N) is 2. The molecule has 4 rings (SSSR count). The van der Waals surface area contributed by atoms with Crippen LogP contribution in [0.15, 0.2) is 35.7 Å². The van der Waals surface area contributed by atoms with Gasteiger partial charge in [0.1, 0.15) is 5.69 Å². The van der Waals surface area contributed by atoms with Crippen LogP contribution in [0.1, 0.15) is 53.2 Å². The van der Waals surface area contributed by atoms with Crippen LogP contribution in [0.5, 0.6) is 0 Å². The molecule has 4 nitrogen and oxygen atoms in total. The van der Waals surface area contributed by atoms with E-state index in [2.05, 4.69) is 17.1 Å². The Morgan fingerprint density at radius 3 is 2.69 bits per heavy atom. The molecule has 0 unspecified atom stereocenters. The van der Waals surface area contributed by atoms with Gasteiger partial charge in [0.05, 0.1) is 11.1 Å². The summed E-state index contributed by atoms with van der Waals surface area (Å²) in [7, 11) is 0. The third-order valence-corrected chi connectivity index (χ3v) is 6.26. The first kappa shape index (κ1) is 17.7. The fraction of sp³-hybridized carbons (Fsp3) is 0.524. The van der Waals surface area contributed by atoms with Gasteiger partial charge in [0.15, 0.2) is 0 Å². The van der Waals surface area contributed by atoms with Gasteiger partial charge in [-0.2, -0.15) is 0 Å². The lowest BCUT2D eigenvalue weighted by Crippen LogP contribution is -2.42. The molecule has 1 aliphatic heterocycles. The van der Waals surface area contributed by atoms with Gasteiger partial charge in [-0.05, 0) is 37.2 Å². The van der Waals surface area contributed by atoms with Gasteiger partial charge in [-0.1, -0.05) is 36.8 Å². The zero-order valence-corrected chi connectivity index (χ0v) is 15.9. The summed E-state index contributed by atoms with van der Waals surface area (Å²) in [6, 6.07) is 10.3. The fourth-order valence-electron chi connectivity index (χ4n) is 3.68. The lowest BCUT2D eigenvalue weighted by Gasteiger charge is -2.33. The quantitative estimate of drug-likeness (QED) is 0.735. The Hall–Kier alpha value is -1.72. The molecule has 138 valence electrons. The van der Waals surface area contributed by atoms with E-state index in [9.17, 15) is 4.79 Å². The van der Waals surface area contributed by atoms with E-state index in [0.29, 0.717) is 18.2 Å². The first-order chi connectivity index (χ1) is 12.8. The smallest absolute Gasteiger partial charge is 0.273 e. The Morgan fingerprint density at radius 2 is 2.00 bits per heavy atom. The molecule has 2 fully saturated rings. The zero-order chi connectivity index (χ0) is 17.8. The summed E-state index contributed by atoms with van der Waals surface area (Å²) in [5.74, 6) is 0.728. The van der Waals surface area contributed by atoms with Crippen molar-refractivity contribution >= 4 is 17.2 Å². The number of carbonyl (C=O) groups is 1. The topological polar surface area (TPSA) is 42.4 Å². The van der Waals surface area contributed by atoms with Crippen LogP contribution in [0.3, 0.4) is 0 Å². The summed E-state index contributed by atoms with van der Waals surface area (Å²) in [6.45, 7) is 2.39. The fourth-order valence-corrected chi connectivity index (χ4v) is 4.49. The molecule has 1 saturated carbocycles. The number of benzene rings is 1. The summed E-state index contributed by atoms with van der Waals surface area (Å²) < 4.78 is 5.78. The lowest BCUT2D eigenvalue weighted by atomic mass is 9.85. The number of thiazole rings is 1. The number of aromatic nitrogens is 1. The lowest BCUT2D eigenvalue weighted by molar-refractivity contribution is 0.0444. The molecule has 2 aromatic rings. The Balaban J connectivity index is 1.43. The van der Waals surface area contributed by atoms with E-state index in [1.54, 1.807) is 11.3 Å². The monoisotopic (exact) mass is 370 g/mol. The minimum atomic E-state index is 0.0722. The third-order valence-electron chi connectivity index (χ3n) is 5.41. The highest BCUT2D eigenvalue weighted by molar-refractivity contribution is 7.09. The first-order valence-electron chi connectivity index (χ1n) is 9.67. The van der Waals surface area contributed by atoms with Crippen molar-refractivity contribution in [1.29, 1.82) is 0 Å². The second kappa shape index (κ2) is 8.31. The van der Waals surface area contributed by atoms with Gasteiger partial charge in [-0.25, -0.2) is 4.98 Å². The van der Waals surface area contributed by atoms with Crippen LogP contribution in [0.4, 0.5) is 0 Å². The van der Waals surface area contributed by atoms with E-state index in [1.165, 1.54) is 24.8 Å². The van der Waals surface area contributed by atoms with Crippen LogP contribution in [-0.4, -0.2) is 41.6 Å². The predicted octanol–water partition coefficient (Wildman–Crippen LogP) is 4.16. The van der Waals surface area contributed by atoms with Crippen molar-refractivity contribution < 1.29 is 9.53 Å². The van der Waals surface area contributed by atoms with Gasteiger partial charge in [0, 0.05) is 31.5 Å². The molecule has 1 aliphatic carbocycles. The standard InChI is InChI=1S/C21H26N2O2S/c24-21(19-15-26-20(22-19)12-16-6-2-1-3-7-16)23(13-17-8-4-9-17)14-18-10-5-11-25-18/h1-3,6-7,15,17-18H,4-5,8-14H2/t18-/m1/s1. The molecule has 0 spiro atoms. The maximum atomic E-state index is 13.1. The van der Waals surface area contributed by atoms with Crippen molar-refractivity contribution in [2.45, 2.75) is 44.6 Å². The minimum absolute atomic E-state index is 0.0722. The number of amides is 1. The van der Waals surface area contributed by atoms with E-state index in [1.807, 2.05) is 28.5 Å². The van der Waals surface area contributed by atoms with Gasteiger partial charge < -0.3 is 9.64 Å². The Kier molecular flexibility index (Phi) is 5.65. The maximum absolute atomic E-state index is 13.1. The van der Waals surface area contributed by atoms with Crippen LogP contribution >= 0.6 is 11.3 Å². The molecular weight excluding hydrogens is 344 g/mol. The second-order valence-electron chi connectivity index (χ2n) is 7.43. The normalized spacial score (nSPS) is 20.1. The van der Waals surface area contributed by atoms with Crippen LogP contribution in [0.25, 0.3) is 0 Å². The van der Waals surface area contributed by atoms with E-state index in [-0.39, 0.29) is 12.0 Å². The second-order valence-corrected chi connectivity index (χ2v) is 8.37. The average molecular weight is 371 g/mol. The molecule has 26 heavy (non-hydrogen) atoms. The highest BCUT2D eigenvalue weighted by Gasteiger charge is 2.29. The SMILES string of the molecule is O=C(c1csc(Cc2ccccc2)n1)N(CC1CCC1)C[C@H]1CCCO1. The summed E-state index contributed by atoms with van der Waals surface area (Å²) in [5.41, 5.74) is 1.82. The summed E-state index contributed by atoms with van der Waals surface area (Å²) in [4.78, 5) is 19.7. The van der Waals surface area contributed by atoms with E-state index < -0.39 is 0 Å². The van der Waals surface area contributed by atoms with Gasteiger partial charge in [-0.3, -0.25) is 4.79 Å². The number of hydrogen-bond donors (Lipinski definition) is 0. The Morgan fingerprint density at radius 1 is 1.15 bits per heavy atom. The molecule has 1 aromatic carbocycles. The molecule has 0 radical (unpaired) electrons. The number of ether oxygens (including phenoxy) is 1. The van der Waals surface area contributed by atoms with Crippen molar-refractivity contribution in [2.75, 3.05) is 19.7 Å². The molecule has 1 aromatic heterocycles. The summed E-state index contributed by atoms with van der Waals surface area (Å²) in [6.07, 6.45) is 6.93. The van der Waals surface area contributed by atoms with Gasteiger partial charge in [-0.15, -0.1) is 11.3 Å². The molecular formula is C21H26N2O2S. The van der Waals surface area contributed by atoms with Gasteiger partial charge >= 0.3 is 0 Å². The molecule has 1 saturated heterocycles. The van der Waals surface area contributed by atoms with Crippen LogP contribution in [0, 0.1) is 5.92 Å². The van der Waals surface area contributed by atoms with Crippen LogP contribution < -0.4 is 0 Å². The average Bonchev–Trinajstić information content (AvgIpc) is 3.29. The molecule has 0 bridgehead atoms. The molecule has 0 N–H and O–H groups in total. The molecule has 5 heteroatoms. The van der Waals surface area contributed by atoms with Gasteiger partial charge in [0.2, 0.25) is 0 Å². The Bertz CT molecular complexity index is 721. The van der Waals surface area contributed by atoms with Crippen molar-refractivity contribution in [1.82, 2.24) is 9.88 Å². The first-order valence-corrected chi connectivity index (χ1v) is 10.5. The molecule has 2 aliphatic rings. The van der Waals surface area contributed by atoms with Crippen molar-refractivity contribution in [3.63, 3.8) is 0 Å². The maximum Gasteiger partial charge on any atom is 0.273 e. The molecule has 2 heterocycles. The summed E-state index contributed by atoms with van der Waals surface area (Å²) >= 11 is 1.58. The number of carbonyl (C=O) groups excluding carboxylic acids is 1.